The predicted molar refractivity (Wildman–Crippen MR) is 87.4 cm³/mol. The number of fused-ring (bicyclic) bond motifs is 3. The van der Waals surface area contributed by atoms with Gasteiger partial charge in [-0.2, -0.15) is 5.10 Å². The van der Waals surface area contributed by atoms with Gasteiger partial charge in [0.2, 0.25) is 0 Å². The second-order valence-corrected chi connectivity index (χ2v) is 6.05. The second kappa shape index (κ2) is 5.25. The Morgan fingerprint density at radius 2 is 2.05 bits per heavy atom. The SMILES string of the molecule is CCN1CCC(c2cc3[nH]c(=O)c4ccccc4n3n2)CC1. The molecule has 0 unspecified atom stereocenters. The Morgan fingerprint density at radius 1 is 1.27 bits per heavy atom. The zero-order valence-electron chi connectivity index (χ0n) is 12.7. The molecule has 1 aliphatic rings. The molecule has 3 heterocycles. The number of nitrogens with zero attached hydrogens (tertiary/aromatic N) is 3. The number of hydrogen-bond donors (Lipinski definition) is 1. The average molecular weight is 296 g/mol. The highest BCUT2D eigenvalue weighted by atomic mass is 16.1. The van der Waals surface area contributed by atoms with Gasteiger partial charge in [0, 0.05) is 12.0 Å². The minimum atomic E-state index is -0.0460. The number of benzene rings is 1. The lowest BCUT2D eigenvalue weighted by Crippen LogP contribution is -2.32. The van der Waals surface area contributed by atoms with E-state index in [0.29, 0.717) is 11.3 Å². The third-order valence-corrected chi connectivity index (χ3v) is 4.80. The highest BCUT2D eigenvalue weighted by Crippen LogP contribution is 2.27. The van der Waals surface area contributed by atoms with Gasteiger partial charge in [-0.15, -0.1) is 0 Å². The van der Waals surface area contributed by atoms with Crippen LogP contribution in [0.5, 0.6) is 0 Å². The zero-order chi connectivity index (χ0) is 15.1. The molecule has 0 amide bonds. The fourth-order valence-electron chi connectivity index (χ4n) is 3.45. The lowest BCUT2D eigenvalue weighted by atomic mass is 9.94. The molecule has 1 fully saturated rings. The Balaban J connectivity index is 1.78. The molecule has 0 saturated carbocycles. The molecule has 2 aromatic heterocycles. The summed E-state index contributed by atoms with van der Waals surface area (Å²) in [6, 6.07) is 9.67. The van der Waals surface area contributed by atoms with Crippen LogP contribution in [-0.2, 0) is 0 Å². The maximum Gasteiger partial charge on any atom is 0.259 e. The summed E-state index contributed by atoms with van der Waals surface area (Å²) < 4.78 is 1.87. The lowest BCUT2D eigenvalue weighted by Gasteiger charge is -2.29. The molecule has 1 saturated heterocycles. The lowest BCUT2D eigenvalue weighted by molar-refractivity contribution is 0.221. The van der Waals surface area contributed by atoms with E-state index in [1.165, 1.54) is 0 Å². The van der Waals surface area contributed by atoms with Gasteiger partial charge in [-0.25, -0.2) is 4.52 Å². The van der Waals surface area contributed by atoms with Gasteiger partial charge in [-0.05, 0) is 44.6 Å². The Labute approximate surface area is 128 Å². The number of piperidine rings is 1. The maximum absolute atomic E-state index is 12.2. The van der Waals surface area contributed by atoms with Gasteiger partial charge < -0.3 is 9.88 Å². The first kappa shape index (κ1) is 13.5. The van der Waals surface area contributed by atoms with Crippen molar-refractivity contribution in [3.05, 3.63) is 46.4 Å². The quantitative estimate of drug-likeness (QED) is 0.790. The summed E-state index contributed by atoms with van der Waals surface area (Å²) in [5.41, 5.74) is 2.72. The molecule has 5 heteroatoms. The van der Waals surface area contributed by atoms with Crippen molar-refractivity contribution in [3.8, 4) is 0 Å². The van der Waals surface area contributed by atoms with Crippen LogP contribution in [0.1, 0.15) is 31.4 Å². The fourth-order valence-corrected chi connectivity index (χ4v) is 3.45. The number of hydrogen-bond acceptors (Lipinski definition) is 3. The van der Waals surface area contributed by atoms with Crippen molar-refractivity contribution in [1.82, 2.24) is 19.5 Å². The molecule has 4 rings (SSSR count). The number of likely N-dealkylation sites (tertiary alicyclic amines) is 1. The minimum absolute atomic E-state index is 0.0460. The summed E-state index contributed by atoms with van der Waals surface area (Å²) in [7, 11) is 0. The van der Waals surface area contributed by atoms with Crippen molar-refractivity contribution in [1.29, 1.82) is 0 Å². The van der Waals surface area contributed by atoms with Crippen LogP contribution in [0.4, 0.5) is 0 Å². The van der Waals surface area contributed by atoms with Crippen molar-refractivity contribution in [2.45, 2.75) is 25.7 Å². The van der Waals surface area contributed by atoms with Gasteiger partial charge in [0.05, 0.1) is 16.6 Å². The summed E-state index contributed by atoms with van der Waals surface area (Å²) in [6.45, 7) is 5.59. The van der Waals surface area contributed by atoms with Crippen LogP contribution in [0.25, 0.3) is 16.6 Å². The first-order chi connectivity index (χ1) is 10.8. The topological polar surface area (TPSA) is 53.4 Å². The molecule has 3 aromatic rings. The van der Waals surface area contributed by atoms with Crippen LogP contribution in [0.3, 0.4) is 0 Å². The Morgan fingerprint density at radius 3 is 2.82 bits per heavy atom. The van der Waals surface area contributed by atoms with Gasteiger partial charge in [-0.3, -0.25) is 4.79 Å². The smallest absolute Gasteiger partial charge is 0.259 e. The van der Waals surface area contributed by atoms with E-state index >= 15 is 0 Å². The van der Waals surface area contributed by atoms with Gasteiger partial charge in [0.1, 0.15) is 5.65 Å². The van der Waals surface area contributed by atoms with Crippen molar-refractivity contribution >= 4 is 16.6 Å². The summed E-state index contributed by atoms with van der Waals surface area (Å²) in [5.74, 6) is 0.491. The molecular weight excluding hydrogens is 276 g/mol. The standard InChI is InChI=1S/C17H20N4O/c1-2-20-9-7-12(8-10-20)14-11-16-18-17(22)13-5-3-4-6-15(13)21(16)19-14/h3-6,11-12H,2,7-10H2,1H3,(H,18,22). The summed E-state index contributed by atoms with van der Waals surface area (Å²) in [6.07, 6.45) is 2.28. The largest absolute Gasteiger partial charge is 0.306 e. The van der Waals surface area contributed by atoms with Crippen molar-refractivity contribution in [2.24, 2.45) is 0 Å². The van der Waals surface area contributed by atoms with Gasteiger partial charge in [-0.1, -0.05) is 19.1 Å². The molecule has 1 N–H and O–H groups in total. The molecular formula is C17H20N4O. The predicted octanol–water partition coefficient (Wildman–Crippen LogP) is 2.38. The summed E-state index contributed by atoms with van der Waals surface area (Å²) in [4.78, 5) is 17.6. The van der Waals surface area contributed by atoms with E-state index < -0.39 is 0 Å². The van der Waals surface area contributed by atoms with E-state index in [0.717, 1.165) is 49.3 Å². The van der Waals surface area contributed by atoms with E-state index in [1.807, 2.05) is 34.8 Å². The van der Waals surface area contributed by atoms with Gasteiger partial charge in [0.15, 0.2) is 0 Å². The van der Waals surface area contributed by atoms with Crippen molar-refractivity contribution in [2.75, 3.05) is 19.6 Å². The monoisotopic (exact) mass is 296 g/mol. The third-order valence-electron chi connectivity index (χ3n) is 4.80. The van der Waals surface area contributed by atoms with Crippen LogP contribution in [-0.4, -0.2) is 39.1 Å². The zero-order valence-corrected chi connectivity index (χ0v) is 12.7. The Bertz CT molecular complexity index is 871. The first-order valence-electron chi connectivity index (χ1n) is 7.99. The molecule has 1 aromatic carbocycles. The fraction of sp³-hybridized carbons (Fsp3) is 0.412. The molecule has 0 aliphatic carbocycles. The number of rotatable bonds is 2. The maximum atomic E-state index is 12.2. The highest BCUT2D eigenvalue weighted by Gasteiger charge is 2.22. The van der Waals surface area contributed by atoms with E-state index in [2.05, 4.69) is 16.8 Å². The van der Waals surface area contributed by atoms with Crippen LogP contribution >= 0.6 is 0 Å². The molecule has 22 heavy (non-hydrogen) atoms. The van der Waals surface area contributed by atoms with Crippen LogP contribution in [0, 0.1) is 0 Å². The molecule has 114 valence electrons. The third kappa shape index (κ3) is 2.13. The summed E-state index contributed by atoms with van der Waals surface area (Å²) in [5, 5.41) is 5.47. The number of para-hydroxylation sites is 1. The second-order valence-electron chi connectivity index (χ2n) is 6.05. The van der Waals surface area contributed by atoms with E-state index in [4.69, 9.17) is 5.10 Å². The van der Waals surface area contributed by atoms with E-state index in [9.17, 15) is 4.79 Å². The van der Waals surface area contributed by atoms with Crippen molar-refractivity contribution in [3.63, 3.8) is 0 Å². The van der Waals surface area contributed by atoms with Crippen LogP contribution < -0.4 is 5.56 Å². The van der Waals surface area contributed by atoms with Crippen LogP contribution in [0.2, 0.25) is 0 Å². The molecule has 0 bridgehead atoms. The first-order valence-corrected chi connectivity index (χ1v) is 7.99. The molecule has 0 radical (unpaired) electrons. The average Bonchev–Trinajstić information content (AvgIpc) is 2.99. The minimum Gasteiger partial charge on any atom is -0.306 e. The van der Waals surface area contributed by atoms with Crippen molar-refractivity contribution < 1.29 is 0 Å². The molecule has 0 atom stereocenters. The van der Waals surface area contributed by atoms with E-state index in [-0.39, 0.29) is 5.56 Å². The van der Waals surface area contributed by atoms with E-state index in [1.54, 1.807) is 0 Å². The molecule has 0 spiro atoms. The number of H-pyrrole nitrogens is 1. The molecule has 5 nitrogen and oxygen atoms in total. The van der Waals surface area contributed by atoms with Crippen LogP contribution in [0.15, 0.2) is 35.1 Å². The van der Waals surface area contributed by atoms with Gasteiger partial charge in [0.25, 0.3) is 5.56 Å². The van der Waals surface area contributed by atoms with Gasteiger partial charge >= 0.3 is 0 Å². The summed E-state index contributed by atoms with van der Waals surface area (Å²) >= 11 is 0. The number of aromatic amines is 1. The Hall–Kier alpha value is -2.14. The number of aromatic nitrogens is 3. The number of nitrogens with one attached hydrogen (secondary N) is 1. The highest BCUT2D eigenvalue weighted by molar-refractivity contribution is 5.80. The normalized spacial score (nSPS) is 17.5. The molecule has 1 aliphatic heterocycles. The Kier molecular flexibility index (Phi) is 3.22.